The minimum absolute atomic E-state index is 0.0860. The van der Waals surface area contributed by atoms with Gasteiger partial charge < -0.3 is 9.73 Å². The lowest BCUT2D eigenvalue weighted by molar-refractivity contribution is 0.444. The van der Waals surface area contributed by atoms with Crippen LogP contribution in [0.1, 0.15) is 25.1 Å². The van der Waals surface area contributed by atoms with Crippen molar-refractivity contribution in [2.75, 3.05) is 5.32 Å². The van der Waals surface area contributed by atoms with Crippen LogP contribution in [0, 0.1) is 17.5 Å². The third-order valence-corrected chi connectivity index (χ3v) is 2.66. The number of benzene rings is 1. The summed E-state index contributed by atoms with van der Waals surface area (Å²) in [6.45, 7) is 1.87. The second kappa shape index (κ2) is 5.16. The van der Waals surface area contributed by atoms with E-state index in [4.69, 9.17) is 4.42 Å². The highest BCUT2D eigenvalue weighted by Gasteiger charge is 2.17. The van der Waals surface area contributed by atoms with Crippen LogP contribution in [0.4, 0.5) is 18.9 Å². The molecule has 0 radical (unpaired) electrons. The smallest absolute Gasteiger partial charge is 0.196 e. The van der Waals surface area contributed by atoms with E-state index in [9.17, 15) is 13.2 Å². The summed E-state index contributed by atoms with van der Waals surface area (Å²) in [4.78, 5) is 0. The van der Waals surface area contributed by atoms with Crippen molar-refractivity contribution in [1.29, 1.82) is 0 Å². The molecule has 1 aromatic carbocycles. The van der Waals surface area contributed by atoms with Crippen LogP contribution in [-0.4, -0.2) is 0 Å². The Morgan fingerprint density at radius 3 is 2.56 bits per heavy atom. The summed E-state index contributed by atoms with van der Waals surface area (Å²) in [6, 6.07) is 5.20. The summed E-state index contributed by atoms with van der Waals surface area (Å²) in [5, 5.41) is 2.79. The third kappa shape index (κ3) is 2.34. The first-order chi connectivity index (χ1) is 8.63. The van der Waals surface area contributed by atoms with Crippen LogP contribution in [-0.2, 0) is 0 Å². The fraction of sp³-hybridized carbons (Fsp3) is 0.231. The Hall–Kier alpha value is -1.91. The van der Waals surface area contributed by atoms with Gasteiger partial charge in [-0.3, -0.25) is 0 Å². The highest BCUT2D eigenvalue weighted by atomic mass is 19.2. The minimum Gasteiger partial charge on any atom is -0.467 e. The van der Waals surface area contributed by atoms with Gasteiger partial charge in [-0.25, -0.2) is 13.2 Å². The van der Waals surface area contributed by atoms with Gasteiger partial charge in [-0.05, 0) is 30.7 Å². The molecule has 5 heteroatoms. The third-order valence-electron chi connectivity index (χ3n) is 2.66. The van der Waals surface area contributed by atoms with E-state index in [1.807, 2.05) is 6.92 Å². The topological polar surface area (TPSA) is 25.2 Å². The highest BCUT2D eigenvalue weighted by Crippen LogP contribution is 2.26. The van der Waals surface area contributed by atoms with Crippen molar-refractivity contribution in [3.8, 4) is 0 Å². The van der Waals surface area contributed by atoms with Crippen LogP contribution in [0.15, 0.2) is 34.9 Å². The molecule has 1 heterocycles. The molecular formula is C13H12F3NO. The summed E-state index contributed by atoms with van der Waals surface area (Å²) in [7, 11) is 0. The number of halogens is 3. The Morgan fingerprint density at radius 2 is 1.94 bits per heavy atom. The number of hydrogen-bond acceptors (Lipinski definition) is 2. The standard InChI is InChI=1S/C13H12F3NO/c1-2-9(11-4-3-7-18-11)17-10-6-5-8(14)12(15)13(10)16/h3-7,9,17H,2H2,1H3. The Kier molecular flexibility index (Phi) is 3.60. The molecular weight excluding hydrogens is 243 g/mol. The predicted molar refractivity (Wildman–Crippen MR) is 61.7 cm³/mol. The van der Waals surface area contributed by atoms with Crippen molar-refractivity contribution in [2.45, 2.75) is 19.4 Å². The summed E-state index contributed by atoms with van der Waals surface area (Å²) in [5.41, 5.74) is -0.0860. The molecule has 0 spiro atoms. The van der Waals surface area contributed by atoms with Gasteiger partial charge in [0, 0.05) is 0 Å². The lowest BCUT2D eigenvalue weighted by Gasteiger charge is -2.16. The molecule has 0 saturated heterocycles. The average molecular weight is 255 g/mol. The van der Waals surface area contributed by atoms with Crippen molar-refractivity contribution in [2.24, 2.45) is 0 Å². The van der Waals surface area contributed by atoms with Gasteiger partial charge in [0.15, 0.2) is 17.5 Å². The van der Waals surface area contributed by atoms with Crippen molar-refractivity contribution >= 4 is 5.69 Å². The van der Waals surface area contributed by atoms with Gasteiger partial charge in [0.1, 0.15) is 5.76 Å². The summed E-state index contributed by atoms with van der Waals surface area (Å²) in [5.74, 6) is -3.29. The number of furan rings is 1. The molecule has 0 aliphatic carbocycles. The normalized spacial score (nSPS) is 12.4. The summed E-state index contributed by atoms with van der Waals surface area (Å²) >= 11 is 0. The number of rotatable bonds is 4. The SMILES string of the molecule is CCC(Nc1ccc(F)c(F)c1F)c1ccco1. The first-order valence-corrected chi connectivity index (χ1v) is 5.57. The van der Waals surface area contributed by atoms with Crippen molar-refractivity contribution in [1.82, 2.24) is 0 Å². The summed E-state index contributed by atoms with van der Waals surface area (Å²) in [6.07, 6.45) is 2.12. The Balaban J connectivity index is 2.26. The lowest BCUT2D eigenvalue weighted by Crippen LogP contribution is -2.11. The van der Waals surface area contributed by atoms with E-state index < -0.39 is 17.5 Å². The van der Waals surface area contributed by atoms with Gasteiger partial charge in [0.05, 0.1) is 18.0 Å². The zero-order chi connectivity index (χ0) is 13.1. The lowest BCUT2D eigenvalue weighted by atomic mass is 10.1. The molecule has 2 rings (SSSR count). The van der Waals surface area contributed by atoms with Crippen molar-refractivity contribution < 1.29 is 17.6 Å². The molecule has 2 nitrogen and oxygen atoms in total. The van der Waals surface area contributed by atoms with Gasteiger partial charge in [-0.2, -0.15) is 0 Å². The van der Waals surface area contributed by atoms with Crippen molar-refractivity contribution in [3.05, 3.63) is 53.7 Å². The molecule has 0 amide bonds. The Morgan fingerprint density at radius 1 is 1.17 bits per heavy atom. The van der Waals surface area contributed by atoms with Gasteiger partial charge in [0.2, 0.25) is 0 Å². The fourth-order valence-electron chi connectivity index (χ4n) is 1.69. The summed E-state index contributed by atoms with van der Waals surface area (Å²) < 4.78 is 44.6. The maximum Gasteiger partial charge on any atom is 0.196 e. The van der Waals surface area contributed by atoms with E-state index in [0.717, 1.165) is 6.07 Å². The maximum atomic E-state index is 13.5. The number of nitrogens with one attached hydrogen (secondary N) is 1. The first kappa shape index (κ1) is 12.5. The minimum atomic E-state index is -1.48. The van der Waals surface area contributed by atoms with E-state index in [0.29, 0.717) is 12.2 Å². The molecule has 1 N–H and O–H groups in total. The molecule has 1 atom stereocenters. The maximum absolute atomic E-state index is 13.5. The second-order valence-corrected chi connectivity index (χ2v) is 3.84. The zero-order valence-electron chi connectivity index (χ0n) is 9.71. The highest BCUT2D eigenvalue weighted by molar-refractivity contribution is 5.46. The molecule has 0 aliphatic heterocycles. The van der Waals surface area contributed by atoms with E-state index in [2.05, 4.69) is 5.32 Å². The predicted octanol–water partition coefficient (Wildman–Crippen LogP) is 4.26. The second-order valence-electron chi connectivity index (χ2n) is 3.84. The van der Waals surface area contributed by atoms with Gasteiger partial charge in [-0.1, -0.05) is 6.92 Å². The molecule has 1 aromatic heterocycles. The molecule has 0 bridgehead atoms. The fourth-order valence-corrected chi connectivity index (χ4v) is 1.69. The van der Waals surface area contributed by atoms with Crippen LogP contribution in [0.3, 0.4) is 0 Å². The molecule has 18 heavy (non-hydrogen) atoms. The Bertz CT molecular complexity index is 525. The van der Waals surface area contributed by atoms with Crippen LogP contribution < -0.4 is 5.32 Å². The van der Waals surface area contributed by atoms with Crippen LogP contribution in [0.5, 0.6) is 0 Å². The van der Waals surface area contributed by atoms with Crippen LogP contribution >= 0.6 is 0 Å². The molecule has 2 aromatic rings. The molecule has 0 saturated carbocycles. The number of anilines is 1. The van der Waals surface area contributed by atoms with Crippen LogP contribution in [0.25, 0.3) is 0 Å². The molecule has 0 aliphatic rings. The van der Waals surface area contributed by atoms with E-state index in [-0.39, 0.29) is 11.7 Å². The van der Waals surface area contributed by atoms with E-state index in [1.54, 1.807) is 12.1 Å². The largest absolute Gasteiger partial charge is 0.467 e. The van der Waals surface area contributed by atoms with Gasteiger partial charge in [0.25, 0.3) is 0 Å². The van der Waals surface area contributed by atoms with E-state index in [1.165, 1.54) is 12.3 Å². The average Bonchev–Trinajstić information content (AvgIpc) is 2.89. The zero-order valence-corrected chi connectivity index (χ0v) is 9.71. The van der Waals surface area contributed by atoms with Gasteiger partial charge >= 0.3 is 0 Å². The van der Waals surface area contributed by atoms with Gasteiger partial charge in [-0.15, -0.1) is 0 Å². The quantitative estimate of drug-likeness (QED) is 0.826. The Labute approximate surface area is 102 Å². The van der Waals surface area contributed by atoms with E-state index >= 15 is 0 Å². The van der Waals surface area contributed by atoms with Crippen molar-refractivity contribution in [3.63, 3.8) is 0 Å². The molecule has 1 unspecified atom stereocenters. The first-order valence-electron chi connectivity index (χ1n) is 5.57. The molecule has 0 fully saturated rings. The van der Waals surface area contributed by atoms with Crippen LogP contribution in [0.2, 0.25) is 0 Å². The number of hydrogen-bond donors (Lipinski definition) is 1. The molecule has 96 valence electrons. The monoisotopic (exact) mass is 255 g/mol.